The summed E-state index contributed by atoms with van der Waals surface area (Å²) in [5.74, 6) is 0.546. The fraction of sp³-hybridized carbons (Fsp3) is 0.158. The van der Waals surface area contributed by atoms with Crippen LogP contribution >= 0.6 is 0 Å². The third-order valence-corrected chi connectivity index (χ3v) is 3.74. The smallest absolute Gasteiger partial charge is 0.362 e. The number of ether oxygens (including phenoxy) is 1. The summed E-state index contributed by atoms with van der Waals surface area (Å²) in [4.78, 5) is 24.7. The molecule has 1 aromatic heterocycles. The largest absolute Gasteiger partial charge is 0.492 e. The van der Waals surface area contributed by atoms with Gasteiger partial charge in [-0.25, -0.2) is 9.59 Å². The molecular weight excluding hydrogens is 334 g/mol. The number of fused-ring (bicyclic) bond motifs is 1. The Bertz CT molecular complexity index is 997. The molecule has 0 radical (unpaired) electrons. The van der Waals surface area contributed by atoms with Crippen LogP contribution in [0.1, 0.15) is 6.92 Å². The van der Waals surface area contributed by atoms with E-state index >= 15 is 0 Å². The molecule has 134 valence electrons. The first-order valence-electron chi connectivity index (χ1n) is 8.17. The van der Waals surface area contributed by atoms with Crippen molar-refractivity contribution in [3.63, 3.8) is 0 Å². The SMILES string of the molecule is CCOc1ccccc1NC(=O)Nc1c(NC)c2ccccc2oc1=O. The summed E-state index contributed by atoms with van der Waals surface area (Å²) in [5.41, 5.74) is 0.835. The van der Waals surface area contributed by atoms with E-state index in [1.165, 1.54) is 0 Å². The van der Waals surface area contributed by atoms with Crippen molar-refractivity contribution in [1.29, 1.82) is 0 Å². The lowest BCUT2D eigenvalue weighted by Gasteiger charge is -2.14. The van der Waals surface area contributed by atoms with Crippen molar-refractivity contribution in [3.05, 3.63) is 59.0 Å². The fourth-order valence-corrected chi connectivity index (χ4v) is 2.64. The molecule has 0 saturated heterocycles. The molecule has 3 aromatic rings. The van der Waals surface area contributed by atoms with Gasteiger partial charge in [0.05, 0.1) is 18.0 Å². The summed E-state index contributed by atoms with van der Waals surface area (Å²) in [6.07, 6.45) is 0. The Morgan fingerprint density at radius 3 is 2.54 bits per heavy atom. The van der Waals surface area contributed by atoms with Crippen molar-refractivity contribution in [2.75, 3.05) is 29.6 Å². The second-order valence-electron chi connectivity index (χ2n) is 5.39. The number of hydrogen-bond acceptors (Lipinski definition) is 5. The summed E-state index contributed by atoms with van der Waals surface area (Å²) in [5, 5.41) is 8.90. The lowest BCUT2D eigenvalue weighted by Crippen LogP contribution is -2.24. The number of benzene rings is 2. The van der Waals surface area contributed by atoms with Gasteiger partial charge in [-0.2, -0.15) is 0 Å². The normalized spacial score (nSPS) is 10.4. The van der Waals surface area contributed by atoms with E-state index in [0.717, 1.165) is 0 Å². The summed E-state index contributed by atoms with van der Waals surface area (Å²) < 4.78 is 10.8. The van der Waals surface area contributed by atoms with E-state index in [4.69, 9.17) is 9.15 Å². The van der Waals surface area contributed by atoms with Gasteiger partial charge in [0.1, 0.15) is 11.3 Å². The van der Waals surface area contributed by atoms with Gasteiger partial charge in [-0.1, -0.05) is 24.3 Å². The molecule has 0 unspecified atom stereocenters. The molecule has 3 rings (SSSR count). The van der Waals surface area contributed by atoms with Crippen molar-refractivity contribution in [2.24, 2.45) is 0 Å². The van der Waals surface area contributed by atoms with Crippen LogP contribution in [0.25, 0.3) is 11.0 Å². The van der Waals surface area contributed by atoms with Gasteiger partial charge >= 0.3 is 11.7 Å². The summed E-state index contributed by atoms with van der Waals surface area (Å²) in [6, 6.07) is 13.6. The number of amides is 2. The lowest BCUT2D eigenvalue weighted by molar-refractivity contribution is 0.262. The van der Waals surface area contributed by atoms with E-state index in [1.807, 2.05) is 19.1 Å². The molecule has 0 saturated carbocycles. The average molecular weight is 353 g/mol. The molecule has 0 aliphatic carbocycles. The van der Waals surface area contributed by atoms with E-state index in [2.05, 4.69) is 16.0 Å². The van der Waals surface area contributed by atoms with Crippen LogP contribution in [0.5, 0.6) is 5.75 Å². The minimum atomic E-state index is -0.638. The summed E-state index contributed by atoms with van der Waals surface area (Å²) in [7, 11) is 1.68. The van der Waals surface area contributed by atoms with Crippen molar-refractivity contribution in [1.82, 2.24) is 0 Å². The molecule has 7 nitrogen and oxygen atoms in total. The Balaban J connectivity index is 1.91. The van der Waals surface area contributed by atoms with Gasteiger partial charge in [-0.15, -0.1) is 0 Å². The number of urea groups is 1. The van der Waals surface area contributed by atoms with Crippen molar-refractivity contribution >= 4 is 34.1 Å². The van der Waals surface area contributed by atoms with E-state index in [0.29, 0.717) is 34.7 Å². The minimum absolute atomic E-state index is 0.0394. The zero-order chi connectivity index (χ0) is 18.5. The number of anilines is 3. The zero-order valence-corrected chi connectivity index (χ0v) is 14.5. The molecular formula is C19H19N3O4. The molecule has 0 atom stereocenters. The molecule has 0 bridgehead atoms. The topological polar surface area (TPSA) is 92.6 Å². The predicted octanol–water partition coefficient (Wildman–Crippen LogP) is 3.88. The monoisotopic (exact) mass is 353 g/mol. The second kappa shape index (κ2) is 7.60. The Kier molecular flexibility index (Phi) is 5.07. The molecule has 7 heteroatoms. The Morgan fingerprint density at radius 1 is 1.04 bits per heavy atom. The van der Waals surface area contributed by atoms with Crippen LogP contribution in [-0.4, -0.2) is 19.7 Å². The van der Waals surface area contributed by atoms with Gasteiger partial charge in [0, 0.05) is 12.4 Å². The quantitative estimate of drug-likeness (QED) is 0.605. The van der Waals surface area contributed by atoms with Gasteiger partial charge in [-0.05, 0) is 31.2 Å². The van der Waals surface area contributed by atoms with E-state index < -0.39 is 11.7 Å². The van der Waals surface area contributed by atoms with Crippen LogP contribution in [0.4, 0.5) is 21.9 Å². The standard InChI is InChI=1S/C19H19N3O4/c1-3-25-15-11-7-5-9-13(15)21-19(24)22-17-16(20-2)12-8-4-6-10-14(12)26-18(17)23/h4-11,20H,3H2,1-2H3,(H2,21,22,24). The first kappa shape index (κ1) is 17.3. The van der Waals surface area contributed by atoms with Crippen LogP contribution in [-0.2, 0) is 0 Å². The molecule has 2 amide bonds. The third-order valence-electron chi connectivity index (χ3n) is 3.74. The maximum atomic E-state index is 12.4. The van der Waals surface area contributed by atoms with Gasteiger partial charge in [0.2, 0.25) is 0 Å². The molecule has 0 aliphatic rings. The molecule has 26 heavy (non-hydrogen) atoms. The minimum Gasteiger partial charge on any atom is -0.492 e. The third kappa shape index (κ3) is 3.46. The van der Waals surface area contributed by atoms with Gasteiger partial charge in [-0.3, -0.25) is 5.32 Å². The highest BCUT2D eigenvalue weighted by molar-refractivity contribution is 6.06. The maximum Gasteiger partial charge on any atom is 0.362 e. The predicted molar refractivity (Wildman–Crippen MR) is 102 cm³/mol. The first-order valence-corrected chi connectivity index (χ1v) is 8.17. The highest BCUT2D eigenvalue weighted by Crippen LogP contribution is 2.28. The second-order valence-corrected chi connectivity index (χ2v) is 5.39. The van der Waals surface area contributed by atoms with Crippen molar-refractivity contribution in [2.45, 2.75) is 6.92 Å². The Labute approximate surface area is 150 Å². The number of carbonyl (C=O) groups is 1. The fourth-order valence-electron chi connectivity index (χ4n) is 2.64. The van der Waals surface area contributed by atoms with Gasteiger partial charge in [0.25, 0.3) is 0 Å². The van der Waals surface area contributed by atoms with Crippen molar-refractivity contribution in [3.8, 4) is 5.75 Å². The highest BCUT2D eigenvalue weighted by Gasteiger charge is 2.16. The van der Waals surface area contributed by atoms with Crippen LogP contribution in [0.3, 0.4) is 0 Å². The molecule has 0 spiro atoms. The Morgan fingerprint density at radius 2 is 1.77 bits per heavy atom. The zero-order valence-electron chi connectivity index (χ0n) is 14.5. The first-order chi connectivity index (χ1) is 12.6. The van der Waals surface area contributed by atoms with Gasteiger partial charge in [0.15, 0.2) is 5.69 Å². The number of nitrogens with one attached hydrogen (secondary N) is 3. The van der Waals surface area contributed by atoms with Crippen LogP contribution < -0.4 is 26.3 Å². The van der Waals surface area contributed by atoms with Crippen LogP contribution in [0.15, 0.2) is 57.7 Å². The number of carbonyl (C=O) groups excluding carboxylic acids is 1. The highest BCUT2D eigenvalue weighted by atomic mass is 16.5. The number of rotatable bonds is 5. The van der Waals surface area contributed by atoms with E-state index in [-0.39, 0.29) is 5.69 Å². The van der Waals surface area contributed by atoms with Crippen molar-refractivity contribution < 1.29 is 13.9 Å². The molecule has 0 aliphatic heterocycles. The number of hydrogen-bond donors (Lipinski definition) is 3. The Hall–Kier alpha value is -3.48. The molecule has 2 aromatic carbocycles. The summed E-state index contributed by atoms with van der Waals surface area (Å²) >= 11 is 0. The average Bonchev–Trinajstić information content (AvgIpc) is 2.64. The van der Waals surface area contributed by atoms with Gasteiger partial charge < -0.3 is 19.8 Å². The summed E-state index contributed by atoms with van der Waals surface area (Å²) in [6.45, 7) is 2.33. The van der Waals surface area contributed by atoms with Crippen LogP contribution in [0.2, 0.25) is 0 Å². The van der Waals surface area contributed by atoms with E-state index in [9.17, 15) is 9.59 Å². The molecule has 3 N–H and O–H groups in total. The molecule has 0 fully saturated rings. The lowest BCUT2D eigenvalue weighted by atomic mass is 10.2. The maximum absolute atomic E-state index is 12.4. The number of para-hydroxylation sites is 3. The van der Waals surface area contributed by atoms with Crippen LogP contribution in [0, 0.1) is 0 Å². The molecule has 1 heterocycles. The van der Waals surface area contributed by atoms with E-state index in [1.54, 1.807) is 43.4 Å².